The fraction of sp³-hybridized carbons (Fsp3) is 0.250. The number of amides is 1. The topological polar surface area (TPSA) is 71.3 Å². The quantitative estimate of drug-likeness (QED) is 0.253. The van der Waals surface area contributed by atoms with Crippen LogP contribution in [0.3, 0.4) is 0 Å². The van der Waals surface area contributed by atoms with Crippen LogP contribution in [0.1, 0.15) is 24.3 Å². The zero-order valence-electron chi connectivity index (χ0n) is 20.1. The molecule has 1 amide bonds. The van der Waals surface area contributed by atoms with Crippen LogP contribution in [0.25, 0.3) is 11.4 Å². The highest BCUT2D eigenvalue weighted by molar-refractivity contribution is 7.98. The highest BCUT2D eigenvalue weighted by atomic mass is 35.5. The molecule has 1 aromatic heterocycles. The van der Waals surface area contributed by atoms with Gasteiger partial charge in [0.25, 0.3) is 0 Å². The van der Waals surface area contributed by atoms with Gasteiger partial charge in [-0.2, -0.15) is 4.98 Å². The first-order valence-electron chi connectivity index (χ1n) is 12.1. The molecule has 0 radical (unpaired) electrons. The van der Waals surface area contributed by atoms with E-state index in [2.05, 4.69) is 20.4 Å². The van der Waals surface area contributed by atoms with Gasteiger partial charge in [-0.25, -0.2) is 4.39 Å². The number of rotatable bonds is 8. The molecule has 1 saturated heterocycles. The van der Waals surface area contributed by atoms with E-state index in [1.165, 1.54) is 17.7 Å². The molecule has 0 spiro atoms. The Kier molecular flexibility index (Phi) is 8.18. The van der Waals surface area contributed by atoms with E-state index < -0.39 is 0 Å². The Hall–Kier alpha value is -3.20. The first-order valence-corrected chi connectivity index (χ1v) is 13.5. The summed E-state index contributed by atoms with van der Waals surface area (Å²) in [5, 5.41) is 7.89. The van der Waals surface area contributed by atoms with E-state index in [9.17, 15) is 9.18 Å². The standard InChI is InChI=1S/C28H26ClFN4O2S/c29-22-11-7-19(8-12-22)18-37-25-6-2-1-5-24(25)31-28(35)21-4-3-15-34(16-21)17-26-32-27(33-36-26)20-9-13-23(30)14-10-20/h1-2,5-14,21H,3-4,15-18H2,(H,31,35). The van der Waals surface area contributed by atoms with Crippen LogP contribution < -0.4 is 5.32 Å². The van der Waals surface area contributed by atoms with Gasteiger partial charge in [-0.15, -0.1) is 11.8 Å². The predicted molar refractivity (Wildman–Crippen MR) is 144 cm³/mol. The largest absolute Gasteiger partial charge is 0.338 e. The summed E-state index contributed by atoms with van der Waals surface area (Å²) in [6, 6.07) is 21.7. The molecule has 1 unspecified atom stereocenters. The van der Waals surface area contributed by atoms with Crippen LogP contribution in [0.4, 0.5) is 10.1 Å². The number of benzene rings is 3. The molecule has 0 bridgehead atoms. The number of nitrogens with zero attached hydrogens (tertiary/aromatic N) is 3. The van der Waals surface area contributed by atoms with E-state index in [0.717, 1.165) is 40.7 Å². The Morgan fingerprint density at radius 2 is 1.89 bits per heavy atom. The number of carbonyl (C=O) groups excluding carboxylic acids is 1. The predicted octanol–water partition coefficient (Wildman–Crippen LogP) is 6.67. The molecule has 9 heteroatoms. The van der Waals surface area contributed by atoms with Gasteiger partial charge in [0.1, 0.15) is 5.82 Å². The van der Waals surface area contributed by atoms with Crippen molar-refractivity contribution in [1.82, 2.24) is 15.0 Å². The summed E-state index contributed by atoms with van der Waals surface area (Å²) in [6.07, 6.45) is 1.73. The first-order chi connectivity index (χ1) is 18.0. The average Bonchev–Trinajstić information content (AvgIpc) is 3.38. The van der Waals surface area contributed by atoms with Crippen molar-refractivity contribution in [3.63, 3.8) is 0 Å². The Morgan fingerprint density at radius 3 is 2.70 bits per heavy atom. The summed E-state index contributed by atoms with van der Waals surface area (Å²) in [5.74, 6) is 1.25. The maximum absolute atomic E-state index is 13.2. The van der Waals surface area contributed by atoms with Crippen molar-refractivity contribution in [1.29, 1.82) is 0 Å². The minimum Gasteiger partial charge on any atom is -0.338 e. The number of halogens is 2. The third-order valence-electron chi connectivity index (χ3n) is 6.26. The van der Waals surface area contributed by atoms with E-state index in [4.69, 9.17) is 16.1 Å². The second kappa shape index (κ2) is 11.9. The molecule has 0 aliphatic carbocycles. The lowest BCUT2D eigenvalue weighted by Gasteiger charge is -2.31. The minimum absolute atomic E-state index is 0.0155. The molecule has 1 fully saturated rings. The number of carbonyl (C=O) groups is 1. The second-order valence-corrected chi connectivity index (χ2v) is 10.4. The molecular weight excluding hydrogens is 511 g/mol. The normalized spacial score (nSPS) is 16.0. The van der Waals surface area contributed by atoms with Gasteiger partial charge in [0, 0.05) is 27.8 Å². The number of para-hydroxylation sites is 1. The molecule has 5 rings (SSSR count). The zero-order chi connectivity index (χ0) is 25.6. The molecule has 1 N–H and O–H groups in total. The highest BCUT2D eigenvalue weighted by Crippen LogP contribution is 2.31. The number of likely N-dealkylation sites (tertiary alicyclic amines) is 1. The van der Waals surface area contributed by atoms with Crippen LogP contribution in [-0.2, 0) is 17.1 Å². The van der Waals surface area contributed by atoms with Crippen molar-refractivity contribution in [2.24, 2.45) is 5.92 Å². The van der Waals surface area contributed by atoms with E-state index in [-0.39, 0.29) is 17.6 Å². The molecule has 2 heterocycles. The number of aromatic nitrogens is 2. The maximum atomic E-state index is 13.2. The van der Waals surface area contributed by atoms with Gasteiger partial charge in [0.2, 0.25) is 17.6 Å². The average molecular weight is 537 g/mol. The van der Waals surface area contributed by atoms with Crippen molar-refractivity contribution in [2.45, 2.75) is 30.0 Å². The maximum Gasteiger partial charge on any atom is 0.241 e. The summed E-state index contributed by atoms with van der Waals surface area (Å²) in [7, 11) is 0. The molecule has 3 aromatic carbocycles. The third kappa shape index (κ3) is 6.77. The molecule has 1 atom stereocenters. The number of nitrogens with one attached hydrogen (secondary N) is 1. The lowest BCUT2D eigenvalue weighted by atomic mass is 9.97. The number of thioether (sulfide) groups is 1. The van der Waals surface area contributed by atoms with Gasteiger partial charge in [-0.1, -0.05) is 41.0 Å². The van der Waals surface area contributed by atoms with Gasteiger partial charge >= 0.3 is 0 Å². The zero-order valence-corrected chi connectivity index (χ0v) is 21.6. The Bertz CT molecular complexity index is 1350. The second-order valence-electron chi connectivity index (χ2n) is 8.99. The highest BCUT2D eigenvalue weighted by Gasteiger charge is 2.27. The summed E-state index contributed by atoms with van der Waals surface area (Å²) in [6.45, 7) is 1.93. The van der Waals surface area contributed by atoms with Crippen molar-refractivity contribution in [3.05, 3.63) is 95.1 Å². The van der Waals surface area contributed by atoms with Gasteiger partial charge in [0.05, 0.1) is 18.2 Å². The van der Waals surface area contributed by atoms with E-state index in [1.54, 1.807) is 23.9 Å². The van der Waals surface area contributed by atoms with E-state index in [0.29, 0.717) is 30.4 Å². The number of anilines is 1. The number of piperidine rings is 1. The van der Waals surface area contributed by atoms with Gasteiger partial charge in [-0.05, 0) is 73.5 Å². The fourth-order valence-corrected chi connectivity index (χ4v) is 5.40. The van der Waals surface area contributed by atoms with Crippen LogP contribution in [0.2, 0.25) is 5.02 Å². The van der Waals surface area contributed by atoms with Crippen molar-refractivity contribution in [2.75, 3.05) is 18.4 Å². The van der Waals surface area contributed by atoms with Gasteiger partial charge < -0.3 is 9.84 Å². The molecule has 0 saturated carbocycles. The third-order valence-corrected chi connectivity index (χ3v) is 7.65. The van der Waals surface area contributed by atoms with Crippen LogP contribution in [-0.4, -0.2) is 34.0 Å². The molecule has 1 aliphatic heterocycles. The fourth-order valence-electron chi connectivity index (χ4n) is 4.31. The summed E-state index contributed by atoms with van der Waals surface area (Å²) in [5.41, 5.74) is 2.69. The van der Waals surface area contributed by atoms with E-state index >= 15 is 0 Å². The molecule has 4 aromatic rings. The van der Waals surface area contributed by atoms with Crippen LogP contribution in [0, 0.1) is 11.7 Å². The van der Waals surface area contributed by atoms with Crippen LogP contribution in [0.15, 0.2) is 82.2 Å². The summed E-state index contributed by atoms with van der Waals surface area (Å²) < 4.78 is 18.6. The lowest BCUT2D eigenvalue weighted by Crippen LogP contribution is -2.40. The Labute approximate surface area is 224 Å². The van der Waals surface area contributed by atoms with Gasteiger partial charge in [-0.3, -0.25) is 9.69 Å². The molecular formula is C28H26ClFN4O2S. The molecule has 6 nitrogen and oxygen atoms in total. The Balaban J connectivity index is 1.18. The Morgan fingerprint density at radius 1 is 1.11 bits per heavy atom. The van der Waals surface area contributed by atoms with Crippen molar-refractivity contribution < 1.29 is 13.7 Å². The number of hydrogen-bond acceptors (Lipinski definition) is 6. The summed E-state index contributed by atoms with van der Waals surface area (Å²) in [4.78, 5) is 20.8. The molecule has 37 heavy (non-hydrogen) atoms. The first kappa shape index (κ1) is 25.4. The SMILES string of the molecule is O=C(Nc1ccccc1SCc1ccc(Cl)cc1)C1CCCN(Cc2nc(-c3ccc(F)cc3)no2)C1. The monoisotopic (exact) mass is 536 g/mol. The minimum atomic E-state index is -0.312. The lowest BCUT2D eigenvalue weighted by molar-refractivity contribution is -0.121. The van der Waals surface area contributed by atoms with Crippen LogP contribution >= 0.6 is 23.4 Å². The van der Waals surface area contributed by atoms with Crippen molar-refractivity contribution >= 4 is 35.0 Å². The van der Waals surface area contributed by atoms with Crippen molar-refractivity contribution in [3.8, 4) is 11.4 Å². The molecule has 190 valence electrons. The number of hydrogen-bond donors (Lipinski definition) is 1. The van der Waals surface area contributed by atoms with Crippen LogP contribution in [0.5, 0.6) is 0 Å². The van der Waals surface area contributed by atoms with Gasteiger partial charge in [0.15, 0.2) is 0 Å². The smallest absolute Gasteiger partial charge is 0.241 e. The molecule has 1 aliphatic rings. The summed E-state index contributed by atoms with van der Waals surface area (Å²) >= 11 is 7.67. The van der Waals surface area contributed by atoms with E-state index in [1.807, 2.05) is 48.5 Å².